The first-order chi connectivity index (χ1) is 8.97. The normalized spacial score (nSPS) is 18.5. The second-order valence-corrected chi connectivity index (χ2v) is 6.19. The van der Waals surface area contributed by atoms with Gasteiger partial charge in [-0.15, -0.1) is 0 Å². The van der Waals surface area contributed by atoms with E-state index < -0.39 is 5.97 Å². The minimum absolute atomic E-state index is 0.101. The van der Waals surface area contributed by atoms with Crippen LogP contribution in [0.2, 0.25) is 0 Å². The fourth-order valence-corrected chi connectivity index (χ4v) is 2.26. The molecule has 19 heavy (non-hydrogen) atoms. The Balaban J connectivity index is 1.98. The number of carboxylic acids is 1. The van der Waals surface area contributed by atoms with Crippen LogP contribution in [0.4, 0.5) is 4.79 Å². The van der Waals surface area contributed by atoms with Crippen LogP contribution in [0.5, 0.6) is 0 Å². The summed E-state index contributed by atoms with van der Waals surface area (Å²) in [6.07, 6.45) is 4.62. The summed E-state index contributed by atoms with van der Waals surface area (Å²) in [5.74, 6) is 0.210. The molecule has 0 saturated heterocycles. The first kappa shape index (κ1) is 14.2. The first-order valence-electron chi connectivity index (χ1n) is 7.24. The van der Waals surface area contributed by atoms with Crippen molar-refractivity contribution in [2.24, 2.45) is 11.8 Å². The van der Waals surface area contributed by atoms with Gasteiger partial charge in [0, 0.05) is 19.1 Å². The molecule has 108 valence electrons. The van der Waals surface area contributed by atoms with E-state index in [1.54, 1.807) is 0 Å². The summed E-state index contributed by atoms with van der Waals surface area (Å²) < 4.78 is 0. The average Bonchev–Trinajstić information content (AvgIpc) is 3.18. The lowest BCUT2D eigenvalue weighted by Gasteiger charge is -2.32. The molecule has 5 heteroatoms. The zero-order chi connectivity index (χ0) is 14.0. The largest absolute Gasteiger partial charge is 0.480 e. The summed E-state index contributed by atoms with van der Waals surface area (Å²) >= 11 is 0. The number of urea groups is 1. The van der Waals surface area contributed by atoms with E-state index in [1.165, 1.54) is 17.7 Å². The molecule has 0 bridgehead atoms. The van der Waals surface area contributed by atoms with Gasteiger partial charge in [0.05, 0.1) is 0 Å². The van der Waals surface area contributed by atoms with Crippen LogP contribution < -0.4 is 0 Å². The molecule has 0 aromatic carbocycles. The Hall–Kier alpha value is -1.26. The van der Waals surface area contributed by atoms with Crippen LogP contribution in [0.25, 0.3) is 0 Å². The Kier molecular flexibility index (Phi) is 4.32. The van der Waals surface area contributed by atoms with Crippen molar-refractivity contribution in [1.82, 2.24) is 9.80 Å². The minimum Gasteiger partial charge on any atom is -0.480 e. The third-order valence-corrected chi connectivity index (χ3v) is 3.79. The summed E-state index contributed by atoms with van der Waals surface area (Å²) in [4.78, 5) is 26.8. The summed E-state index contributed by atoms with van der Waals surface area (Å²) in [5.41, 5.74) is 0. The number of amides is 2. The molecule has 0 spiro atoms. The van der Waals surface area contributed by atoms with E-state index in [2.05, 4.69) is 0 Å². The molecule has 2 amide bonds. The van der Waals surface area contributed by atoms with Crippen LogP contribution in [0.15, 0.2) is 0 Å². The maximum atomic E-state index is 12.5. The fraction of sp³-hybridized carbons (Fsp3) is 0.857. The van der Waals surface area contributed by atoms with Crippen LogP contribution in [0, 0.1) is 11.8 Å². The van der Waals surface area contributed by atoms with E-state index >= 15 is 0 Å². The topological polar surface area (TPSA) is 60.9 Å². The predicted octanol–water partition coefficient (Wildman–Crippen LogP) is 2.02. The molecule has 2 aliphatic rings. The standard InChI is InChI=1S/C14H24N2O3/c1-10(2)16(8-12-5-6-12)14(19)15(9-13(17)18)7-11-3-4-11/h10-12H,3-9H2,1-2H3,(H,17,18). The van der Waals surface area contributed by atoms with E-state index in [0.29, 0.717) is 18.4 Å². The number of carbonyl (C=O) groups excluding carboxylic acids is 1. The molecule has 2 aliphatic carbocycles. The summed E-state index contributed by atoms with van der Waals surface area (Å²) in [6.45, 7) is 5.19. The third-order valence-electron chi connectivity index (χ3n) is 3.79. The van der Waals surface area contributed by atoms with E-state index in [4.69, 9.17) is 5.11 Å². The van der Waals surface area contributed by atoms with Crippen molar-refractivity contribution >= 4 is 12.0 Å². The summed E-state index contributed by atoms with van der Waals surface area (Å²) in [5, 5.41) is 8.97. The zero-order valence-corrected chi connectivity index (χ0v) is 11.8. The van der Waals surface area contributed by atoms with Crippen molar-refractivity contribution in [1.29, 1.82) is 0 Å². The zero-order valence-electron chi connectivity index (χ0n) is 11.8. The van der Waals surface area contributed by atoms with E-state index in [1.807, 2.05) is 18.7 Å². The Labute approximate surface area is 114 Å². The van der Waals surface area contributed by atoms with Crippen LogP contribution in [-0.4, -0.2) is 52.6 Å². The molecule has 0 atom stereocenters. The smallest absolute Gasteiger partial charge is 0.323 e. The molecule has 0 radical (unpaired) electrons. The molecule has 2 rings (SSSR count). The Morgan fingerprint density at radius 2 is 1.63 bits per heavy atom. The lowest BCUT2D eigenvalue weighted by atomic mass is 10.2. The van der Waals surface area contributed by atoms with Crippen molar-refractivity contribution < 1.29 is 14.7 Å². The highest BCUT2D eigenvalue weighted by atomic mass is 16.4. The Morgan fingerprint density at radius 1 is 1.11 bits per heavy atom. The highest BCUT2D eigenvalue weighted by Gasteiger charge is 2.33. The number of nitrogens with zero attached hydrogens (tertiary/aromatic N) is 2. The van der Waals surface area contributed by atoms with Crippen molar-refractivity contribution in [3.63, 3.8) is 0 Å². The molecular formula is C14H24N2O3. The highest BCUT2D eigenvalue weighted by Crippen LogP contribution is 2.32. The quantitative estimate of drug-likeness (QED) is 0.768. The number of hydrogen-bond acceptors (Lipinski definition) is 2. The molecule has 0 aromatic rings. The molecule has 0 heterocycles. The van der Waals surface area contributed by atoms with Gasteiger partial charge in [0.15, 0.2) is 0 Å². The van der Waals surface area contributed by atoms with Gasteiger partial charge in [0.1, 0.15) is 6.54 Å². The van der Waals surface area contributed by atoms with Gasteiger partial charge >= 0.3 is 12.0 Å². The van der Waals surface area contributed by atoms with Crippen molar-refractivity contribution in [3.05, 3.63) is 0 Å². The van der Waals surface area contributed by atoms with Gasteiger partial charge in [0.25, 0.3) is 0 Å². The lowest BCUT2D eigenvalue weighted by Crippen LogP contribution is -2.49. The molecule has 0 unspecified atom stereocenters. The molecule has 2 fully saturated rings. The molecular weight excluding hydrogens is 244 g/mol. The number of hydrogen-bond donors (Lipinski definition) is 1. The van der Waals surface area contributed by atoms with Gasteiger partial charge in [-0.3, -0.25) is 4.79 Å². The maximum Gasteiger partial charge on any atom is 0.323 e. The SMILES string of the molecule is CC(C)N(CC1CC1)C(=O)N(CC(=O)O)CC1CC1. The highest BCUT2D eigenvalue weighted by molar-refractivity contribution is 5.80. The lowest BCUT2D eigenvalue weighted by molar-refractivity contribution is -0.137. The van der Waals surface area contributed by atoms with Gasteiger partial charge in [-0.25, -0.2) is 4.79 Å². The van der Waals surface area contributed by atoms with E-state index in [-0.39, 0.29) is 18.6 Å². The van der Waals surface area contributed by atoms with Gasteiger partial charge in [-0.2, -0.15) is 0 Å². The number of aliphatic carboxylic acids is 1. The molecule has 0 aromatic heterocycles. The van der Waals surface area contributed by atoms with Crippen LogP contribution in [0.1, 0.15) is 39.5 Å². The van der Waals surface area contributed by atoms with Gasteiger partial charge < -0.3 is 14.9 Å². The van der Waals surface area contributed by atoms with Crippen molar-refractivity contribution in [3.8, 4) is 0 Å². The second-order valence-electron chi connectivity index (χ2n) is 6.19. The van der Waals surface area contributed by atoms with Crippen LogP contribution in [0.3, 0.4) is 0 Å². The second kappa shape index (κ2) is 5.80. The van der Waals surface area contributed by atoms with Crippen LogP contribution >= 0.6 is 0 Å². The third kappa shape index (κ3) is 4.40. The average molecular weight is 268 g/mol. The van der Waals surface area contributed by atoms with Gasteiger partial charge in [-0.05, 0) is 51.4 Å². The molecule has 5 nitrogen and oxygen atoms in total. The molecule has 1 N–H and O–H groups in total. The van der Waals surface area contributed by atoms with Gasteiger partial charge in [0.2, 0.25) is 0 Å². The Bertz CT molecular complexity index is 349. The van der Waals surface area contributed by atoms with E-state index in [9.17, 15) is 9.59 Å². The predicted molar refractivity (Wildman–Crippen MR) is 71.9 cm³/mol. The number of carboxylic acid groups (broad SMARTS) is 1. The minimum atomic E-state index is -0.927. The maximum absolute atomic E-state index is 12.5. The number of carbonyl (C=O) groups is 2. The summed E-state index contributed by atoms with van der Waals surface area (Å²) in [6, 6.07) is 0.0276. The van der Waals surface area contributed by atoms with Crippen molar-refractivity contribution in [2.75, 3.05) is 19.6 Å². The fourth-order valence-electron chi connectivity index (χ4n) is 2.26. The molecule has 2 saturated carbocycles. The first-order valence-corrected chi connectivity index (χ1v) is 7.24. The van der Waals surface area contributed by atoms with E-state index in [0.717, 1.165) is 19.4 Å². The Morgan fingerprint density at radius 3 is 2.05 bits per heavy atom. The van der Waals surface area contributed by atoms with Crippen molar-refractivity contribution in [2.45, 2.75) is 45.6 Å². The van der Waals surface area contributed by atoms with Crippen LogP contribution in [-0.2, 0) is 4.79 Å². The number of rotatable bonds is 7. The molecule has 0 aliphatic heterocycles. The monoisotopic (exact) mass is 268 g/mol. The summed E-state index contributed by atoms with van der Waals surface area (Å²) in [7, 11) is 0. The van der Waals surface area contributed by atoms with Gasteiger partial charge in [-0.1, -0.05) is 0 Å².